The van der Waals surface area contributed by atoms with Crippen LogP contribution in [0, 0.1) is 11.8 Å². The second-order valence-electron chi connectivity index (χ2n) is 6.13. The molecule has 0 spiro atoms. The summed E-state index contributed by atoms with van der Waals surface area (Å²) in [6.45, 7) is 9.19. The van der Waals surface area contributed by atoms with E-state index < -0.39 is 0 Å². The van der Waals surface area contributed by atoms with Gasteiger partial charge < -0.3 is 9.72 Å². The average molecular weight is 335 g/mol. The van der Waals surface area contributed by atoms with Crippen molar-refractivity contribution in [3.05, 3.63) is 48.0 Å². The third kappa shape index (κ3) is 10.6. The molecule has 0 bridgehead atoms. The highest BCUT2D eigenvalue weighted by Crippen LogP contribution is 2.14. The second-order valence-corrected chi connectivity index (χ2v) is 6.13. The van der Waals surface area contributed by atoms with Crippen molar-refractivity contribution >= 4 is 6.47 Å². The molecule has 2 aromatic rings. The summed E-state index contributed by atoms with van der Waals surface area (Å²) in [7, 11) is 0. The first-order valence-electron chi connectivity index (χ1n) is 7.67. The molecule has 1 aromatic heterocycles. The van der Waals surface area contributed by atoms with E-state index in [1.54, 1.807) is 6.33 Å². The van der Waals surface area contributed by atoms with Crippen molar-refractivity contribution in [2.75, 3.05) is 0 Å². The van der Waals surface area contributed by atoms with Crippen LogP contribution in [0.3, 0.4) is 0 Å². The van der Waals surface area contributed by atoms with E-state index in [4.69, 9.17) is 0 Å². The van der Waals surface area contributed by atoms with Crippen molar-refractivity contribution < 1.29 is 9.53 Å². The van der Waals surface area contributed by atoms with Crippen LogP contribution in [0.15, 0.2) is 36.8 Å². The minimum Gasteiger partial charge on any atom is -0.429 e. The number of nitrogens with one attached hydrogen (secondary N) is 1. The molecule has 0 radical (unpaired) electrons. The van der Waals surface area contributed by atoms with E-state index in [1.807, 2.05) is 30.5 Å². The zero-order valence-electron chi connectivity index (χ0n) is 13.9. The van der Waals surface area contributed by atoms with E-state index in [0.29, 0.717) is 24.1 Å². The minimum atomic E-state index is 0. The third-order valence-corrected chi connectivity index (χ3v) is 2.93. The standard InChI is InChI=1S/C11H14O2.C7H12N2.2CH4/c1-9(2)7-10-3-5-11(6-4-10)13-8-12;1-6(2)3-7-4-8-5-9-7;;/h3-6,8-9H,7H2,1-2H3;4-6H,3H2,1-2H3,(H,8,9);2*1H4. The normalized spacial score (nSPS) is 9.42. The molecule has 1 N–H and O–H groups in total. The number of H-pyrrole nitrogens is 1. The highest BCUT2D eigenvalue weighted by molar-refractivity contribution is 5.45. The van der Waals surface area contributed by atoms with Crippen LogP contribution in [-0.2, 0) is 17.6 Å². The zero-order chi connectivity index (χ0) is 16.4. The lowest BCUT2D eigenvalue weighted by molar-refractivity contribution is -0.120. The number of rotatable bonds is 6. The summed E-state index contributed by atoms with van der Waals surface area (Å²) in [5.74, 6) is 1.96. The topological polar surface area (TPSA) is 55.0 Å². The second kappa shape index (κ2) is 13.3. The lowest BCUT2D eigenvalue weighted by Gasteiger charge is -2.04. The summed E-state index contributed by atoms with van der Waals surface area (Å²) in [5, 5.41) is 0. The van der Waals surface area contributed by atoms with Crippen molar-refractivity contribution in [3.63, 3.8) is 0 Å². The predicted molar refractivity (Wildman–Crippen MR) is 102 cm³/mol. The maximum atomic E-state index is 10.0. The molecule has 4 heteroatoms. The largest absolute Gasteiger partial charge is 0.429 e. The number of aromatic amines is 1. The van der Waals surface area contributed by atoms with Gasteiger partial charge in [-0.25, -0.2) is 4.98 Å². The van der Waals surface area contributed by atoms with Crippen molar-refractivity contribution in [2.24, 2.45) is 11.8 Å². The van der Waals surface area contributed by atoms with E-state index in [0.717, 1.165) is 12.8 Å². The molecule has 4 nitrogen and oxygen atoms in total. The zero-order valence-corrected chi connectivity index (χ0v) is 13.9. The SMILES string of the molecule is C.C.CC(C)Cc1ccc(OC=O)cc1.CC(C)Cc1cnc[nH]1. The van der Waals surface area contributed by atoms with Crippen LogP contribution < -0.4 is 4.74 Å². The van der Waals surface area contributed by atoms with Crippen LogP contribution in [0.1, 0.15) is 53.8 Å². The fourth-order valence-electron chi connectivity index (χ4n) is 2.07. The van der Waals surface area contributed by atoms with Crippen molar-refractivity contribution in [2.45, 2.75) is 55.4 Å². The van der Waals surface area contributed by atoms with Gasteiger partial charge in [-0.05, 0) is 42.4 Å². The number of benzene rings is 1. The quantitative estimate of drug-likeness (QED) is 0.729. The van der Waals surface area contributed by atoms with E-state index in [9.17, 15) is 4.79 Å². The van der Waals surface area contributed by atoms with Crippen LogP contribution in [0.25, 0.3) is 0 Å². The van der Waals surface area contributed by atoms with Crippen LogP contribution in [-0.4, -0.2) is 16.4 Å². The first-order chi connectivity index (χ1) is 10.5. The van der Waals surface area contributed by atoms with E-state index in [1.165, 1.54) is 11.3 Å². The lowest BCUT2D eigenvalue weighted by Crippen LogP contribution is -1.94. The molecular formula is C20H34N2O2. The van der Waals surface area contributed by atoms with Gasteiger partial charge in [0.25, 0.3) is 6.47 Å². The Labute approximate surface area is 147 Å². The van der Waals surface area contributed by atoms with Gasteiger partial charge in [0.1, 0.15) is 5.75 Å². The number of hydrogen-bond donors (Lipinski definition) is 1. The summed E-state index contributed by atoms with van der Waals surface area (Å²) in [4.78, 5) is 17.0. The monoisotopic (exact) mass is 334 g/mol. The Hall–Kier alpha value is -2.10. The van der Waals surface area contributed by atoms with Crippen molar-refractivity contribution in [1.29, 1.82) is 0 Å². The molecule has 0 atom stereocenters. The molecule has 1 aromatic carbocycles. The van der Waals surface area contributed by atoms with E-state index in [2.05, 4.69) is 42.4 Å². The van der Waals surface area contributed by atoms with Gasteiger partial charge in [-0.3, -0.25) is 4.79 Å². The summed E-state index contributed by atoms with van der Waals surface area (Å²) in [6.07, 6.45) is 5.75. The van der Waals surface area contributed by atoms with Gasteiger partial charge in [0.05, 0.1) is 6.33 Å². The molecule has 0 amide bonds. The summed E-state index contributed by atoms with van der Waals surface area (Å²) < 4.78 is 4.69. The third-order valence-electron chi connectivity index (χ3n) is 2.93. The van der Waals surface area contributed by atoms with Gasteiger partial charge in [0.2, 0.25) is 0 Å². The van der Waals surface area contributed by atoms with Gasteiger partial charge in [-0.1, -0.05) is 54.7 Å². The number of carbonyl (C=O) groups is 1. The van der Waals surface area contributed by atoms with Crippen LogP contribution in [0.4, 0.5) is 0 Å². The van der Waals surface area contributed by atoms with Crippen LogP contribution in [0.2, 0.25) is 0 Å². The maximum Gasteiger partial charge on any atom is 0.298 e. The maximum absolute atomic E-state index is 10.0. The van der Waals surface area contributed by atoms with Gasteiger partial charge in [0.15, 0.2) is 0 Å². The van der Waals surface area contributed by atoms with Gasteiger partial charge in [-0.15, -0.1) is 0 Å². The molecule has 0 unspecified atom stereocenters. The number of carbonyl (C=O) groups excluding carboxylic acids is 1. The fraction of sp³-hybridized carbons (Fsp3) is 0.500. The Balaban J connectivity index is 0. The number of imidazole rings is 1. The molecule has 0 saturated carbocycles. The molecule has 2 rings (SSSR count). The Morgan fingerprint density at radius 2 is 1.62 bits per heavy atom. The summed E-state index contributed by atoms with van der Waals surface area (Å²) in [5.41, 5.74) is 2.50. The molecule has 0 fully saturated rings. The number of aromatic nitrogens is 2. The van der Waals surface area contributed by atoms with E-state index in [-0.39, 0.29) is 14.9 Å². The fourth-order valence-corrected chi connectivity index (χ4v) is 2.07. The smallest absolute Gasteiger partial charge is 0.298 e. The highest BCUT2D eigenvalue weighted by atomic mass is 16.5. The molecule has 24 heavy (non-hydrogen) atoms. The number of nitrogens with zero attached hydrogens (tertiary/aromatic N) is 1. The van der Waals surface area contributed by atoms with Gasteiger partial charge >= 0.3 is 0 Å². The minimum absolute atomic E-state index is 0. The Morgan fingerprint density at radius 3 is 2.04 bits per heavy atom. The van der Waals surface area contributed by atoms with Crippen molar-refractivity contribution in [1.82, 2.24) is 9.97 Å². The van der Waals surface area contributed by atoms with E-state index >= 15 is 0 Å². The highest BCUT2D eigenvalue weighted by Gasteiger charge is 1.98. The molecule has 0 saturated heterocycles. The Bertz CT molecular complexity index is 517. The molecule has 0 aliphatic carbocycles. The molecular weight excluding hydrogens is 300 g/mol. The summed E-state index contributed by atoms with van der Waals surface area (Å²) >= 11 is 0. The van der Waals surface area contributed by atoms with Crippen molar-refractivity contribution in [3.8, 4) is 5.75 Å². The summed E-state index contributed by atoms with van der Waals surface area (Å²) in [6, 6.07) is 7.59. The first-order valence-corrected chi connectivity index (χ1v) is 7.67. The number of ether oxygens (including phenoxy) is 1. The number of hydrogen-bond acceptors (Lipinski definition) is 3. The average Bonchev–Trinajstić information content (AvgIpc) is 2.93. The Kier molecular flexibility index (Phi) is 13.4. The lowest BCUT2D eigenvalue weighted by atomic mass is 10.0. The molecule has 1 heterocycles. The molecule has 136 valence electrons. The molecule has 0 aliphatic rings. The van der Waals surface area contributed by atoms with Gasteiger partial charge in [-0.2, -0.15) is 0 Å². The molecule has 0 aliphatic heterocycles. The van der Waals surface area contributed by atoms with Crippen LogP contribution >= 0.6 is 0 Å². The van der Waals surface area contributed by atoms with Crippen LogP contribution in [0.5, 0.6) is 5.75 Å². The predicted octanol–water partition coefficient (Wildman–Crippen LogP) is 5.30. The Morgan fingerprint density at radius 1 is 1.04 bits per heavy atom. The first kappa shape index (κ1) is 24.2. The van der Waals surface area contributed by atoms with Gasteiger partial charge in [0, 0.05) is 11.9 Å².